The minimum Gasteiger partial charge on any atom is -0.476 e. The Labute approximate surface area is 185 Å². The Morgan fingerprint density at radius 3 is 2.44 bits per heavy atom. The molecule has 168 valence electrons. The number of benzene rings is 2. The summed E-state index contributed by atoms with van der Waals surface area (Å²) in [6.45, 7) is 2.39. The van der Waals surface area contributed by atoms with Crippen molar-refractivity contribution in [1.29, 1.82) is 0 Å². The van der Waals surface area contributed by atoms with E-state index in [0.717, 1.165) is 24.8 Å². The van der Waals surface area contributed by atoms with Crippen LogP contribution in [0.25, 0.3) is 11.1 Å². The molecule has 2 N–H and O–H groups in total. The summed E-state index contributed by atoms with van der Waals surface area (Å²) >= 11 is 0. The highest BCUT2D eigenvalue weighted by Gasteiger charge is 2.22. The van der Waals surface area contributed by atoms with Gasteiger partial charge in [0.1, 0.15) is 0 Å². The lowest BCUT2D eigenvalue weighted by Crippen LogP contribution is -2.30. The lowest BCUT2D eigenvalue weighted by atomic mass is 10.0. The van der Waals surface area contributed by atoms with Crippen molar-refractivity contribution in [2.75, 3.05) is 7.11 Å². The first kappa shape index (κ1) is 23.0. The maximum Gasteiger partial charge on any atom is 0.420 e. The maximum atomic E-state index is 12.6. The van der Waals surface area contributed by atoms with Gasteiger partial charge in [0.2, 0.25) is 0 Å². The van der Waals surface area contributed by atoms with E-state index in [4.69, 9.17) is 0 Å². The molecule has 2 aromatic carbocycles. The zero-order chi connectivity index (χ0) is 23.3. The highest BCUT2D eigenvalue weighted by atomic mass is 32.2. The zero-order valence-corrected chi connectivity index (χ0v) is 18.4. The highest BCUT2D eigenvalue weighted by Crippen LogP contribution is 2.27. The number of nitrogens with zero attached hydrogens (tertiary/aromatic N) is 2. The average Bonchev–Trinajstić information content (AvgIpc) is 3.17. The number of methoxy groups -OCH3 is 1. The number of amides is 1. The number of carbonyl (C=O) groups is 2. The lowest BCUT2D eigenvalue weighted by molar-refractivity contribution is 0.0689. The van der Waals surface area contributed by atoms with E-state index in [2.05, 4.69) is 9.84 Å². The minimum atomic E-state index is -4.12. The first-order valence-corrected chi connectivity index (χ1v) is 11.3. The number of aromatic nitrogens is 2. The maximum absolute atomic E-state index is 12.6. The monoisotopic (exact) mass is 457 g/mol. The van der Waals surface area contributed by atoms with E-state index in [1.807, 2.05) is 23.8 Å². The van der Waals surface area contributed by atoms with E-state index in [-0.39, 0.29) is 10.6 Å². The van der Waals surface area contributed by atoms with Gasteiger partial charge in [0.15, 0.2) is 5.69 Å². The van der Waals surface area contributed by atoms with Crippen LogP contribution in [-0.2, 0) is 27.7 Å². The third kappa shape index (κ3) is 5.14. The number of nitrogens with one attached hydrogen (secondary N) is 1. The van der Waals surface area contributed by atoms with Crippen molar-refractivity contribution in [2.45, 2.75) is 31.2 Å². The minimum absolute atomic E-state index is 0.00214. The molecule has 1 aromatic heterocycles. The van der Waals surface area contributed by atoms with Gasteiger partial charge in [-0.1, -0.05) is 55.8 Å². The van der Waals surface area contributed by atoms with E-state index >= 15 is 0 Å². The summed E-state index contributed by atoms with van der Waals surface area (Å²) in [7, 11) is -3.04. The Balaban J connectivity index is 1.89. The third-order valence-corrected chi connectivity index (χ3v) is 6.14. The van der Waals surface area contributed by atoms with Gasteiger partial charge >= 0.3 is 12.1 Å². The molecule has 0 unspecified atom stereocenters. The van der Waals surface area contributed by atoms with Crippen molar-refractivity contribution in [2.24, 2.45) is 0 Å². The van der Waals surface area contributed by atoms with Crippen LogP contribution in [0.1, 0.15) is 35.1 Å². The van der Waals surface area contributed by atoms with Crippen molar-refractivity contribution < 1.29 is 27.9 Å². The molecule has 0 saturated carbocycles. The smallest absolute Gasteiger partial charge is 0.420 e. The van der Waals surface area contributed by atoms with Crippen LogP contribution in [0.3, 0.4) is 0 Å². The van der Waals surface area contributed by atoms with Crippen LogP contribution in [0.15, 0.2) is 59.5 Å². The largest absolute Gasteiger partial charge is 0.476 e. The van der Waals surface area contributed by atoms with Crippen molar-refractivity contribution in [3.63, 3.8) is 0 Å². The van der Waals surface area contributed by atoms with Gasteiger partial charge < -0.3 is 9.84 Å². The van der Waals surface area contributed by atoms with Crippen molar-refractivity contribution >= 4 is 22.1 Å². The number of hydrogen-bond donors (Lipinski definition) is 2. The fraction of sp³-hybridized carbons (Fsp3) is 0.227. The number of carboxylic acid groups (broad SMARTS) is 1. The molecule has 0 bridgehead atoms. The first-order chi connectivity index (χ1) is 15.2. The number of carbonyl (C=O) groups excluding carboxylic acids is 1. The number of hydrogen-bond acceptors (Lipinski definition) is 6. The fourth-order valence-corrected chi connectivity index (χ4v) is 4.41. The van der Waals surface area contributed by atoms with Gasteiger partial charge in [-0.25, -0.2) is 22.7 Å². The number of aryl methyl sites for hydroxylation is 1. The van der Waals surface area contributed by atoms with Crippen molar-refractivity contribution in [3.8, 4) is 11.1 Å². The third-order valence-electron chi connectivity index (χ3n) is 4.77. The van der Waals surface area contributed by atoms with E-state index < -0.39 is 22.1 Å². The predicted molar refractivity (Wildman–Crippen MR) is 117 cm³/mol. The summed E-state index contributed by atoms with van der Waals surface area (Å²) in [4.78, 5) is 22.6. The second kappa shape index (κ2) is 9.65. The topological polar surface area (TPSA) is 128 Å². The van der Waals surface area contributed by atoms with Crippen LogP contribution < -0.4 is 4.72 Å². The predicted octanol–water partition coefficient (Wildman–Crippen LogP) is 3.29. The molecule has 3 aromatic rings. The first-order valence-electron chi connectivity index (χ1n) is 9.84. The summed E-state index contributed by atoms with van der Waals surface area (Å²) in [6, 6.07) is 15.1. The van der Waals surface area contributed by atoms with Crippen molar-refractivity contribution in [1.82, 2.24) is 14.5 Å². The van der Waals surface area contributed by atoms with Crippen LogP contribution in [0.5, 0.6) is 0 Å². The van der Waals surface area contributed by atoms with Crippen LogP contribution in [0.4, 0.5) is 4.79 Å². The zero-order valence-electron chi connectivity index (χ0n) is 17.6. The molecule has 0 spiro atoms. The highest BCUT2D eigenvalue weighted by molar-refractivity contribution is 7.90. The molecule has 0 radical (unpaired) electrons. The Morgan fingerprint density at radius 1 is 1.12 bits per heavy atom. The van der Waals surface area contributed by atoms with Gasteiger partial charge in [-0.3, -0.25) is 4.68 Å². The van der Waals surface area contributed by atoms with Crippen molar-refractivity contribution in [3.05, 3.63) is 71.5 Å². The van der Waals surface area contributed by atoms with Gasteiger partial charge in [-0.05, 0) is 29.7 Å². The van der Waals surface area contributed by atoms with E-state index in [1.165, 1.54) is 6.07 Å². The molecule has 0 aliphatic heterocycles. The van der Waals surface area contributed by atoms with Gasteiger partial charge in [-0.15, -0.1) is 0 Å². The number of ether oxygens (including phenoxy) is 1. The van der Waals surface area contributed by atoms with Crippen LogP contribution >= 0.6 is 0 Å². The van der Waals surface area contributed by atoms with Gasteiger partial charge in [-0.2, -0.15) is 5.10 Å². The SMILES string of the molecule is CCCc1cc(C(=O)O)nn1Cc1ccc(-c2ccccc2S(=O)(=O)NC(=O)OC)cc1. The molecule has 1 heterocycles. The second-order valence-electron chi connectivity index (χ2n) is 7.02. The number of sulfonamides is 1. The molecular formula is C22H23N3O6S. The Hall–Kier alpha value is -3.66. The van der Waals surface area contributed by atoms with E-state index in [0.29, 0.717) is 24.1 Å². The molecule has 10 heteroatoms. The number of carboxylic acids is 1. The molecular weight excluding hydrogens is 434 g/mol. The lowest BCUT2D eigenvalue weighted by Gasteiger charge is -2.12. The Kier molecular flexibility index (Phi) is 6.94. The number of rotatable bonds is 8. The standard InChI is InChI=1S/C22H23N3O6S/c1-3-6-17-13-19(21(26)27)23-25(17)14-15-9-11-16(12-10-15)18-7-4-5-8-20(18)32(29,30)24-22(28)31-2/h4-5,7-13H,3,6,14H2,1-2H3,(H,24,28)(H,26,27). The molecule has 0 atom stereocenters. The normalized spacial score (nSPS) is 11.2. The van der Waals surface area contributed by atoms with Gasteiger partial charge in [0.05, 0.1) is 18.6 Å². The molecule has 0 aliphatic carbocycles. The molecule has 1 amide bonds. The van der Waals surface area contributed by atoms with E-state index in [1.54, 1.807) is 41.1 Å². The molecule has 0 aliphatic rings. The quantitative estimate of drug-likeness (QED) is 0.531. The Morgan fingerprint density at radius 2 is 1.81 bits per heavy atom. The van der Waals surface area contributed by atoms with Crippen LogP contribution in [0, 0.1) is 0 Å². The number of aromatic carboxylic acids is 1. The molecule has 3 rings (SSSR count). The molecule has 9 nitrogen and oxygen atoms in total. The van der Waals surface area contributed by atoms with E-state index in [9.17, 15) is 23.1 Å². The Bertz CT molecular complexity index is 1230. The summed E-state index contributed by atoms with van der Waals surface area (Å²) in [5.41, 5.74) is 2.77. The molecule has 0 fully saturated rings. The van der Waals surface area contributed by atoms with Crippen LogP contribution in [-0.4, -0.2) is 42.5 Å². The summed E-state index contributed by atoms with van der Waals surface area (Å²) < 4.78 is 33.1. The summed E-state index contributed by atoms with van der Waals surface area (Å²) in [5, 5.41) is 13.4. The van der Waals surface area contributed by atoms with Gasteiger partial charge in [0.25, 0.3) is 10.0 Å². The molecule has 32 heavy (non-hydrogen) atoms. The second-order valence-corrected chi connectivity index (χ2v) is 8.67. The fourth-order valence-electron chi connectivity index (χ4n) is 3.26. The summed E-state index contributed by atoms with van der Waals surface area (Å²) in [6.07, 6.45) is 0.490. The van der Waals surface area contributed by atoms with Crippen LogP contribution in [0.2, 0.25) is 0 Å². The summed E-state index contributed by atoms with van der Waals surface area (Å²) in [5.74, 6) is -1.07. The van der Waals surface area contributed by atoms with Gasteiger partial charge in [0, 0.05) is 11.3 Å². The average molecular weight is 458 g/mol. The molecule has 0 saturated heterocycles.